The standard InChI is InChI=1S/C29H27N3O4S/c1-17(2)35-21-10-8-20(9-11-21)32-27(26(31-29(32)37)23-6-4-5-15-30-23)25-14-13-24(36-25)22-12-7-19(28(33)34)16-18(22)3/h4-17,26-27H,1-3H3,(H,31,37)(H,33,34)/t26-,27+/m0/s1. The van der Waals surface area contributed by atoms with Crippen LogP contribution in [0.1, 0.15) is 53.3 Å². The molecule has 0 spiro atoms. The van der Waals surface area contributed by atoms with Gasteiger partial charge in [-0.1, -0.05) is 12.1 Å². The second-order valence-corrected chi connectivity index (χ2v) is 9.58. The molecule has 0 unspecified atom stereocenters. The van der Waals surface area contributed by atoms with E-state index in [0.717, 1.165) is 28.3 Å². The van der Waals surface area contributed by atoms with Crippen LogP contribution in [0.25, 0.3) is 11.3 Å². The highest BCUT2D eigenvalue weighted by Crippen LogP contribution is 2.43. The van der Waals surface area contributed by atoms with Crippen molar-refractivity contribution in [3.63, 3.8) is 0 Å². The summed E-state index contributed by atoms with van der Waals surface area (Å²) >= 11 is 5.80. The second kappa shape index (κ2) is 10.1. The first kappa shape index (κ1) is 24.5. The van der Waals surface area contributed by atoms with Gasteiger partial charge in [0.25, 0.3) is 0 Å². The number of pyridine rings is 1. The van der Waals surface area contributed by atoms with Crippen LogP contribution in [0.3, 0.4) is 0 Å². The summed E-state index contributed by atoms with van der Waals surface area (Å²) < 4.78 is 12.2. The molecule has 2 aromatic heterocycles. The van der Waals surface area contributed by atoms with Crippen molar-refractivity contribution in [1.29, 1.82) is 0 Å². The quantitative estimate of drug-likeness (QED) is 0.278. The Bertz CT molecular complexity index is 1430. The molecule has 2 N–H and O–H groups in total. The fourth-order valence-corrected chi connectivity index (χ4v) is 4.96. The fourth-order valence-electron chi connectivity index (χ4n) is 4.61. The smallest absolute Gasteiger partial charge is 0.335 e. The molecule has 1 saturated heterocycles. The molecule has 0 radical (unpaired) electrons. The average molecular weight is 514 g/mol. The number of benzene rings is 2. The summed E-state index contributed by atoms with van der Waals surface area (Å²) in [7, 11) is 0. The highest BCUT2D eigenvalue weighted by molar-refractivity contribution is 7.80. The third kappa shape index (κ3) is 4.93. The Kier molecular flexibility index (Phi) is 6.67. The summed E-state index contributed by atoms with van der Waals surface area (Å²) in [5.74, 6) is 1.19. The van der Waals surface area contributed by atoms with Gasteiger partial charge in [-0.2, -0.15) is 0 Å². The van der Waals surface area contributed by atoms with E-state index in [1.807, 2.05) is 80.3 Å². The number of ether oxygens (including phenoxy) is 1. The predicted octanol–water partition coefficient (Wildman–Crippen LogP) is 6.31. The van der Waals surface area contributed by atoms with Gasteiger partial charge in [0.15, 0.2) is 5.11 Å². The Labute approximate surface area is 220 Å². The van der Waals surface area contributed by atoms with Crippen molar-refractivity contribution in [3.8, 4) is 17.1 Å². The number of anilines is 1. The molecule has 8 heteroatoms. The molecule has 188 valence electrons. The lowest BCUT2D eigenvalue weighted by atomic mass is 10.0. The molecule has 2 aromatic carbocycles. The third-order valence-corrected chi connectivity index (χ3v) is 6.56. The molecule has 1 fully saturated rings. The minimum Gasteiger partial charge on any atom is -0.491 e. The number of furan rings is 1. The van der Waals surface area contributed by atoms with Gasteiger partial charge in [-0.15, -0.1) is 0 Å². The van der Waals surface area contributed by atoms with E-state index in [9.17, 15) is 9.90 Å². The Morgan fingerprint density at radius 1 is 1.11 bits per heavy atom. The number of nitrogens with zero attached hydrogens (tertiary/aromatic N) is 2. The van der Waals surface area contributed by atoms with Crippen molar-refractivity contribution in [1.82, 2.24) is 10.3 Å². The topological polar surface area (TPSA) is 87.8 Å². The van der Waals surface area contributed by atoms with Crippen LogP contribution < -0.4 is 15.0 Å². The van der Waals surface area contributed by atoms with Crippen LogP contribution in [0, 0.1) is 6.92 Å². The van der Waals surface area contributed by atoms with Gasteiger partial charge < -0.3 is 24.5 Å². The maximum atomic E-state index is 11.4. The number of carboxylic acids is 1. The zero-order valence-electron chi connectivity index (χ0n) is 20.7. The first-order chi connectivity index (χ1) is 17.8. The molecule has 0 bridgehead atoms. The molecule has 3 heterocycles. The van der Waals surface area contributed by atoms with Crippen LogP contribution in [-0.2, 0) is 0 Å². The van der Waals surface area contributed by atoms with Crippen LogP contribution in [0.15, 0.2) is 83.4 Å². The number of carboxylic acid groups (broad SMARTS) is 1. The highest BCUT2D eigenvalue weighted by atomic mass is 32.1. The van der Waals surface area contributed by atoms with Crippen molar-refractivity contribution in [2.24, 2.45) is 0 Å². The fraction of sp³-hybridized carbons (Fsp3) is 0.207. The number of hydrogen-bond donors (Lipinski definition) is 2. The van der Waals surface area contributed by atoms with Gasteiger partial charge in [-0.05, 0) is 99.2 Å². The van der Waals surface area contributed by atoms with E-state index in [1.165, 1.54) is 0 Å². The Balaban J connectivity index is 1.55. The van der Waals surface area contributed by atoms with Crippen LogP contribution >= 0.6 is 12.2 Å². The van der Waals surface area contributed by atoms with Crippen molar-refractivity contribution in [2.45, 2.75) is 39.0 Å². The SMILES string of the molecule is Cc1cc(C(=O)O)ccc1-c1ccc([C@@H]2[C@H](c3ccccn3)NC(=S)N2c2ccc(OC(C)C)cc2)o1. The lowest BCUT2D eigenvalue weighted by Crippen LogP contribution is -2.29. The minimum absolute atomic E-state index is 0.0798. The van der Waals surface area contributed by atoms with E-state index < -0.39 is 5.97 Å². The molecule has 5 rings (SSSR count). The van der Waals surface area contributed by atoms with Crippen molar-refractivity contribution in [2.75, 3.05) is 4.90 Å². The van der Waals surface area contributed by atoms with Crippen LogP contribution in [0.4, 0.5) is 5.69 Å². The van der Waals surface area contributed by atoms with Crippen molar-refractivity contribution < 1.29 is 19.1 Å². The number of hydrogen-bond acceptors (Lipinski definition) is 5. The van der Waals surface area contributed by atoms with E-state index in [2.05, 4.69) is 10.3 Å². The van der Waals surface area contributed by atoms with Crippen molar-refractivity contribution >= 4 is 29.0 Å². The molecule has 37 heavy (non-hydrogen) atoms. The lowest BCUT2D eigenvalue weighted by molar-refractivity contribution is 0.0696. The zero-order valence-corrected chi connectivity index (χ0v) is 21.5. The Morgan fingerprint density at radius 2 is 1.89 bits per heavy atom. The molecule has 1 aliphatic heterocycles. The summed E-state index contributed by atoms with van der Waals surface area (Å²) in [6.07, 6.45) is 1.84. The summed E-state index contributed by atoms with van der Waals surface area (Å²) in [5.41, 5.74) is 3.64. The van der Waals surface area contributed by atoms with Crippen LogP contribution in [0.5, 0.6) is 5.75 Å². The van der Waals surface area contributed by atoms with Gasteiger partial charge >= 0.3 is 5.97 Å². The van der Waals surface area contributed by atoms with Gasteiger partial charge in [-0.3, -0.25) is 4.98 Å². The van der Waals surface area contributed by atoms with Crippen LogP contribution in [-0.4, -0.2) is 27.3 Å². The van der Waals surface area contributed by atoms with E-state index in [0.29, 0.717) is 16.6 Å². The van der Waals surface area contributed by atoms with Gasteiger partial charge in [0.05, 0.1) is 23.4 Å². The number of carbonyl (C=O) groups is 1. The number of rotatable bonds is 7. The van der Waals surface area contributed by atoms with E-state index in [4.69, 9.17) is 21.4 Å². The number of thiocarbonyl (C=S) groups is 1. The number of aryl methyl sites for hydroxylation is 1. The molecular formula is C29H27N3O4S. The summed E-state index contributed by atoms with van der Waals surface area (Å²) in [5, 5.41) is 13.3. The normalized spacial score (nSPS) is 17.2. The average Bonchev–Trinajstić information content (AvgIpc) is 3.49. The molecule has 1 aliphatic rings. The van der Waals surface area contributed by atoms with Gasteiger partial charge in [-0.25, -0.2) is 4.79 Å². The monoisotopic (exact) mass is 513 g/mol. The Hall–Kier alpha value is -4.17. The molecule has 0 saturated carbocycles. The van der Waals surface area contributed by atoms with Gasteiger partial charge in [0, 0.05) is 17.4 Å². The maximum Gasteiger partial charge on any atom is 0.335 e. The van der Waals surface area contributed by atoms with Gasteiger partial charge in [0.2, 0.25) is 0 Å². The molecule has 0 amide bonds. The minimum atomic E-state index is -0.959. The zero-order chi connectivity index (χ0) is 26.1. The summed E-state index contributed by atoms with van der Waals surface area (Å²) in [6, 6.07) is 22.0. The lowest BCUT2D eigenvalue weighted by Gasteiger charge is -2.26. The van der Waals surface area contributed by atoms with E-state index in [1.54, 1.807) is 24.4 Å². The molecule has 7 nitrogen and oxygen atoms in total. The maximum absolute atomic E-state index is 11.4. The number of nitrogens with one attached hydrogen (secondary N) is 1. The van der Waals surface area contributed by atoms with Crippen LogP contribution in [0.2, 0.25) is 0 Å². The highest BCUT2D eigenvalue weighted by Gasteiger charge is 2.42. The van der Waals surface area contributed by atoms with Crippen molar-refractivity contribution in [3.05, 3.63) is 102 Å². The van der Waals surface area contributed by atoms with Gasteiger partial charge in [0.1, 0.15) is 23.3 Å². The van der Waals surface area contributed by atoms with E-state index >= 15 is 0 Å². The van der Waals surface area contributed by atoms with E-state index in [-0.39, 0.29) is 23.8 Å². The first-order valence-electron chi connectivity index (χ1n) is 12.0. The number of aromatic carboxylic acids is 1. The third-order valence-electron chi connectivity index (χ3n) is 6.24. The predicted molar refractivity (Wildman–Crippen MR) is 146 cm³/mol. The Morgan fingerprint density at radius 3 is 2.54 bits per heavy atom. The molecule has 0 aliphatic carbocycles. The summed E-state index contributed by atoms with van der Waals surface area (Å²) in [4.78, 5) is 18.0. The first-order valence-corrected chi connectivity index (χ1v) is 12.4. The number of aromatic nitrogens is 1. The molecule has 2 atom stereocenters. The molecular weight excluding hydrogens is 486 g/mol. The second-order valence-electron chi connectivity index (χ2n) is 9.19. The summed E-state index contributed by atoms with van der Waals surface area (Å²) in [6.45, 7) is 5.86. The molecule has 4 aromatic rings. The largest absolute Gasteiger partial charge is 0.491 e.